The van der Waals surface area contributed by atoms with Crippen molar-refractivity contribution in [3.05, 3.63) is 44.6 Å². The highest BCUT2D eigenvalue weighted by molar-refractivity contribution is 9.10. The molecule has 2 aromatic rings. The Morgan fingerprint density at radius 1 is 1.24 bits per heavy atom. The molecule has 1 aromatic carbocycles. The molecule has 5 heteroatoms. The van der Waals surface area contributed by atoms with Gasteiger partial charge in [-0.3, -0.25) is 0 Å². The van der Waals surface area contributed by atoms with Gasteiger partial charge in [-0.15, -0.1) is 0 Å². The van der Waals surface area contributed by atoms with E-state index in [1.54, 1.807) is 25.6 Å². The maximum Gasteiger partial charge on any atom is 0.161 e. The third kappa shape index (κ3) is 3.78. The summed E-state index contributed by atoms with van der Waals surface area (Å²) in [4.78, 5) is 0. The van der Waals surface area contributed by atoms with Crippen LogP contribution >= 0.6 is 27.3 Å². The molecule has 114 valence electrons. The summed E-state index contributed by atoms with van der Waals surface area (Å²) in [5.41, 5.74) is 2.42. The molecule has 0 aliphatic carbocycles. The Bertz CT molecular complexity index is 572. The molecule has 1 unspecified atom stereocenters. The Balaban J connectivity index is 2.44. The lowest BCUT2D eigenvalue weighted by Crippen LogP contribution is -2.23. The van der Waals surface area contributed by atoms with Crippen LogP contribution in [0.25, 0.3) is 0 Å². The van der Waals surface area contributed by atoms with Crippen LogP contribution in [0.1, 0.15) is 30.5 Å². The molecule has 21 heavy (non-hydrogen) atoms. The van der Waals surface area contributed by atoms with Crippen molar-refractivity contribution >= 4 is 27.3 Å². The number of halogens is 1. The van der Waals surface area contributed by atoms with E-state index in [-0.39, 0.29) is 6.04 Å². The van der Waals surface area contributed by atoms with E-state index in [0.717, 1.165) is 34.5 Å². The fourth-order valence-corrected chi connectivity index (χ4v) is 3.46. The lowest BCUT2D eigenvalue weighted by Gasteiger charge is -2.21. The smallest absolute Gasteiger partial charge is 0.161 e. The normalized spacial score (nSPS) is 12.2. The zero-order valence-corrected chi connectivity index (χ0v) is 14.9. The number of hydrogen-bond donors (Lipinski definition) is 1. The number of nitrogens with one attached hydrogen (secondary N) is 1. The highest BCUT2D eigenvalue weighted by atomic mass is 79.9. The molecule has 1 heterocycles. The van der Waals surface area contributed by atoms with Crippen LogP contribution in [0.3, 0.4) is 0 Å². The molecule has 0 spiro atoms. The molecule has 1 N–H and O–H groups in total. The molecule has 0 saturated heterocycles. The molecule has 0 radical (unpaired) electrons. The van der Waals surface area contributed by atoms with E-state index in [1.165, 1.54) is 5.56 Å². The second kappa shape index (κ2) is 7.82. The first kappa shape index (κ1) is 16.3. The summed E-state index contributed by atoms with van der Waals surface area (Å²) in [5.74, 6) is 1.47. The first-order valence-electron chi connectivity index (χ1n) is 6.88. The molecule has 1 aromatic heterocycles. The van der Waals surface area contributed by atoms with Gasteiger partial charge in [-0.05, 0) is 53.1 Å². The van der Waals surface area contributed by atoms with Gasteiger partial charge in [0.2, 0.25) is 0 Å². The monoisotopic (exact) mass is 369 g/mol. The Labute approximate surface area is 138 Å². The Morgan fingerprint density at radius 2 is 1.95 bits per heavy atom. The fraction of sp³-hybridized carbons (Fsp3) is 0.375. The number of benzene rings is 1. The minimum atomic E-state index is 0.144. The van der Waals surface area contributed by atoms with Crippen LogP contribution in [-0.4, -0.2) is 20.8 Å². The van der Waals surface area contributed by atoms with E-state index in [1.807, 2.05) is 12.1 Å². The van der Waals surface area contributed by atoms with Gasteiger partial charge in [0.1, 0.15) is 0 Å². The summed E-state index contributed by atoms with van der Waals surface area (Å²) in [6, 6.07) is 6.29. The Kier molecular flexibility index (Phi) is 6.08. The van der Waals surface area contributed by atoms with E-state index < -0.39 is 0 Å². The van der Waals surface area contributed by atoms with Crippen molar-refractivity contribution in [3.63, 3.8) is 0 Å². The fourth-order valence-electron chi connectivity index (χ4n) is 2.23. The van der Waals surface area contributed by atoms with Gasteiger partial charge in [0.25, 0.3) is 0 Å². The van der Waals surface area contributed by atoms with E-state index in [4.69, 9.17) is 9.47 Å². The van der Waals surface area contributed by atoms with Crippen molar-refractivity contribution in [2.45, 2.75) is 19.4 Å². The summed E-state index contributed by atoms with van der Waals surface area (Å²) in [6.45, 7) is 3.13. The SMILES string of the molecule is CCCNC(c1ccsc1)c1cc(OC)c(OC)cc1Br. The van der Waals surface area contributed by atoms with Gasteiger partial charge in [0, 0.05) is 4.47 Å². The molecule has 1 atom stereocenters. The predicted molar refractivity (Wildman–Crippen MR) is 91.7 cm³/mol. The largest absolute Gasteiger partial charge is 0.493 e. The molecule has 0 bridgehead atoms. The second-order valence-electron chi connectivity index (χ2n) is 4.67. The molecular weight excluding hydrogens is 350 g/mol. The number of ether oxygens (including phenoxy) is 2. The molecule has 0 fully saturated rings. The summed E-state index contributed by atoms with van der Waals surface area (Å²) < 4.78 is 11.8. The second-order valence-corrected chi connectivity index (χ2v) is 6.31. The number of hydrogen-bond acceptors (Lipinski definition) is 4. The van der Waals surface area contributed by atoms with Gasteiger partial charge in [-0.2, -0.15) is 11.3 Å². The minimum Gasteiger partial charge on any atom is -0.493 e. The van der Waals surface area contributed by atoms with Crippen molar-refractivity contribution in [1.82, 2.24) is 5.32 Å². The first-order valence-corrected chi connectivity index (χ1v) is 8.61. The lowest BCUT2D eigenvalue weighted by atomic mass is 10.0. The predicted octanol–water partition coefficient (Wildman–Crippen LogP) is 4.62. The Morgan fingerprint density at radius 3 is 2.52 bits per heavy atom. The molecule has 0 aliphatic heterocycles. The Hall–Kier alpha value is -1.04. The van der Waals surface area contributed by atoms with Crippen LogP contribution < -0.4 is 14.8 Å². The van der Waals surface area contributed by atoms with Crippen LogP contribution in [0.2, 0.25) is 0 Å². The van der Waals surface area contributed by atoms with Crippen LogP contribution in [0, 0.1) is 0 Å². The van der Waals surface area contributed by atoms with Gasteiger partial charge in [-0.25, -0.2) is 0 Å². The summed E-state index contributed by atoms with van der Waals surface area (Å²) in [7, 11) is 3.31. The first-order chi connectivity index (χ1) is 10.2. The molecule has 2 rings (SSSR count). The zero-order valence-electron chi connectivity index (χ0n) is 12.5. The number of thiophene rings is 1. The highest BCUT2D eigenvalue weighted by Gasteiger charge is 2.19. The summed E-state index contributed by atoms with van der Waals surface area (Å²) in [5, 5.41) is 7.88. The van der Waals surface area contributed by atoms with Crippen molar-refractivity contribution in [1.29, 1.82) is 0 Å². The quantitative estimate of drug-likeness (QED) is 0.772. The topological polar surface area (TPSA) is 30.5 Å². The lowest BCUT2D eigenvalue weighted by molar-refractivity contribution is 0.354. The van der Waals surface area contributed by atoms with Crippen LogP contribution in [-0.2, 0) is 0 Å². The molecule has 0 aliphatic rings. The van der Waals surface area contributed by atoms with Gasteiger partial charge in [0.15, 0.2) is 11.5 Å². The van der Waals surface area contributed by atoms with Gasteiger partial charge in [-0.1, -0.05) is 22.9 Å². The van der Waals surface area contributed by atoms with Crippen LogP contribution in [0.5, 0.6) is 11.5 Å². The van der Waals surface area contributed by atoms with Crippen molar-refractivity contribution in [2.24, 2.45) is 0 Å². The van der Waals surface area contributed by atoms with Crippen molar-refractivity contribution in [2.75, 3.05) is 20.8 Å². The third-order valence-corrected chi connectivity index (χ3v) is 4.68. The van der Waals surface area contributed by atoms with Crippen molar-refractivity contribution in [3.8, 4) is 11.5 Å². The van der Waals surface area contributed by atoms with Crippen LogP contribution in [0.15, 0.2) is 33.4 Å². The van der Waals surface area contributed by atoms with E-state index >= 15 is 0 Å². The van der Waals surface area contributed by atoms with Crippen molar-refractivity contribution < 1.29 is 9.47 Å². The average Bonchev–Trinajstić information content (AvgIpc) is 3.02. The van der Waals surface area contributed by atoms with Crippen LogP contribution in [0.4, 0.5) is 0 Å². The number of rotatable bonds is 7. The van der Waals surface area contributed by atoms with Gasteiger partial charge >= 0.3 is 0 Å². The zero-order chi connectivity index (χ0) is 15.2. The summed E-state index contributed by atoms with van der Waals surface area (Å²) >= 11 is 5.37. The molecule has 0 amide bonds. The van der Waals surface area contributed by atoms with E-state index in [2.05, 4.69) is 45.0 Å². The van der Waals surface area contributed by atoms with E-state index in [0.29, 0.717) is 0 Å². The van der Waals surface area contributed by atoms with Gasteiger partial charge < -0.3 is 14.8 Å². The third-order valence-electron chi connectivity index (χ3n) is 3.29. The average molecular weight is 370 g/mol. The molecular formula is C16H20BrNO2S. The van der Waals surface area contributed by atoms with Gasteiger partial charge in [0.05, 0.1) is 20.3 Å². The van der Waals surface area contributed by atoms with E-state index in [9.17, 15) is 0 Å². The summed E-state index contributed by atoms with van der Waals surface area (Å²) in [6.07, 6.45) is 1.09. The maximum absolute atomic E-state index is 5.43. The maximum atomic E-state index is 5.43. The number of methoxy groups -OCH3 is 2. The standard InChI is InChI=1S/C16H20BrNO2S/c1-4-6-18-16(11-5-7-21-10-11)12-8-14(19-2)15(20-3)9-13(12)17/h5,7-10,16,18H,4,6H2,1-3H3. The highest BCUT2D eigenvalue weighted by Crippen LogP contribution is 2.38. The molecule has 0 saturated carbocycles. The minimum absolute atomic E-state index is 0.144. The molecule has 3 nitrogen and oxygen atoms in total.